The fourth-order valence-corrected chi connectivity index (χ4v) is 3.02. The first-order valence-corrected chi connectivity index (χ1v) is 8.45. The maximum absolute atomic E-state index is 11.2. The van der Waals surface area contributed by atoms with E-state index in [1.807, 2.05) is 30.1 Å². The molecular formula is C11H15BrN2O2S2. The van der Waals surface area contributed by atoms with Crippen LogP contribution in [0.25, 0.3) is 0 Å². The Morgan fingerprint density at radius 3 is 2.61 bits per heavy atom. The molecule has 0 amide bonds. The highest BCUT2D eigenvalue weighted by molar-refractivity contribution is 9.10. The molecule has 18 heavy (non-hydrogen) atoms. The van der Waals surface area contributed by atoms with E-state index < -0.39 is 9.84 Å². The van der Waals surface area contributed by atoms with Crippen molar-refractivity contribution in [2.75, 3.05) is 30.5 Å². The van der Waals surface area contributed by atoms with Crippen LogP contribution >= 0.6 is 28.1 Å². The average Bonchev–Trinajstić information content (AvgIpc) is 2.24. The fourth-order valence-electron chi connectivity index (χ4n) is 1.50. The molecule has 7 heteroatoms. The van der Waals surface area contributed by atoms with E-state index in [1.165, 1.54) is 6.26 Å². The molecule has 0 fully saturated rings. The summed E-state index contributed by atoms with van der Waals surface area (Å²) < 4.78 is 23.1. The zero-order valence-electron chi connectivity index (χ0n) is 10.2. The van der Waals surface area contributed by atoms with E-state index in [1.54, 1.807) is 0 Å². The van der Waals surface area contributed by atoms with Crippen LogP contribution in [0.3, 0.4) is 0 Å². The van der Waals surface area contributed by atoms with Crippen molar-refractivity contribution in [2.24, 2.45) is 5.73 Å². The van der Waals surface area contributed by atoms with Gasteiger partial charge in [0.1, 0.15) is 14.8 Å². The van der Waals surface area contributed by atoms with Gasteiger partial charge in [-0.3, -0.25) is 0 Å². The zero-order chi connectivity index (χ0) is 13.9. The largest absolute Gasteiger partial charge is 0.389 e. The molecule has 0 bridgehead atoms. The minimum Gasteiger partial charge on any atom is -0.389 e. The number of nitrogens with two attached hydrogens (primary N) is 1. The van der Waals surface area contributed by atoms with Gasteiger partial charge in [0, 0.05) is 35.6 Å². The van der Waals surface area contributed by atoms with Crippen LogP contribution < -0.4 is 10.6 Å². The summed E-state index contributed by atoms with van der Waals surface area (Å²) in [4.78, 5) is 2.11. The highest BCUT2D eigenvalue weighted by Gasteiger charge is 2.14. The van der Waals surface area contributed by atoms with Gasteiger partial charge in [-0.15, -0.1) is 0 Å². The molecule has 1 rings (SSSR count). The summed E-state index contributed by atoms with van der Waals surface area (Å²) in [5.74, 6) is 0.0901. The molecule has 0 spiro atoms. The number of hydrogen-bond donors (Lipinski definition) is 1. The van der Waals surface area contributed by atoms with Gasteiger partial charge in [-0.25, -0.2) is 8.42 Å². The summed E-state index contributed by atoms with van der Waals surface area (Å²) in [6.45, 7) is 0.394. The number of hydrogen-bond acceptors (Lipinski definition) is 4. The summed E-state index contributed by atoms with van der Waals surface area (Å²) in [5.41, 5.74) is 7.24. The number of thiocarbonyl (C=S) groups is 1. The summed E-state index contributed by atoms with van der Waals surface area (Å²) in [6.07, 6.45) is 1.22. The second-order valence-corrected chi connectivity index (χ2v) is 7.60. The van der Waals surface area contributed by atoms with Gasteiger partial charge < -0.3 is 10.6 Å². The van der Waals surface area contributed by atoms with E-state index >= 15 is 0 Å². The number of nitrogens with zero attached hydrogens (tertiary/aromatic N) is 1. The lowest BCUT2D eigenvalue weighted by Gasteiger charge is -2.22. The standard InChI is InChI=1S/C11H15BrN2O2S2/c1-14(6-7-18(2,15)16)9-5-3-4-8(12)10(9)11(13)17/h3-5H,6-7H2,1-2H3,(H2,13,17). The first-order chi connectivity index (χ1) is 8.22. The molecule has 0 aliphatic carbocycles. The third-order valence-corrected chi connectivity index (χ3v) is 4.24. The smallest absolute Gasteiger partial charge is 0.149 e. The van der Waals surface area contributed by atoms with Crippen LogP contribution in [-0.2, 0) is 9.84 Å². The van der Waals surface area contributed by atoms with Crippen LogP contribution in [0.1, 0.15) is 5.56 Å². The quantitative estimate of drug-likeness (QED) is 0.816. The molecule has 0 heterocycles. The topological polar surface area (TPSA) is 63.4 Å². The molecule has 0 saturated carbocycles. The Morgan fingerprint density at radius 2 is 2.11 bits per heavy atom. The van der Waals surface area contributed by atoms with Gasteiger partial charge in [-0.05, 0) is 28.1 Å². The second kappa shape index (κ2) is 5.99. The number of sulfone groups is 1. The SMILES string of the molecule is CN(CCS(C)(=O)=O)c1cccc(Br)c1C(N)=S. The van der Waals surface area contributed by atoms with Crippen LogP contribution in [-0.4, -0.2) is 39.0 Å². The van der Waals surface area contributed by atoms with Crippen LogP contribution in [0.15, 0.2) is 22.7 Å². The molecule has 1 aromatic rings. The maximum atomic E-state index is 11.2. The van der Waals surface area contributed by atoms with Crippen LogP contribution in [0.5, 0.6) is 0 Å². The molecule has 0 aromatic heterocycles. The monoisotopic (exact) mass is 350 g/mol. The minimum absolute atomic E-state index is 0.0901. The summed E-state index contributed by atoms with van der Waals surface area (Å²) in [5, 5.41) is 0. The van der Waals surface area contributed by atoms with E-state index in [4.69, 9.17) is 18.0 Å². The number of benzene rings is 1. The third kappa shape index (κ3) is 4.22. The molecule has 2 N–H and O–H groups in total. The number of rotatable bonds is 5. The Labute approximate surface area is 121 Å². The molecular weight excluding hydrogens is 336 g/mol. The lowest BCUT2D eigenvalue weighted by Crippen LogP contribution is -2.27. The molecule has 4 nitrogen and oxygen atoms in total. The molecule has 100 valence electrons. The van der Waals surface area contributed by atoms with Crippen molar-refractivity contribution < 1.29 is 8.42 Å². The van der Waals surface area contributed by atoms with Crippen molar-refractivity contribution in [1.82, 2.24) is 0 Å². The van der Waals surface area contributed by atoms with Crippen molar-refractivity contribution in [1.29, 1.82) is 0 Å². The van der Waals surface area contributed by atoms with E-state index in [2.05, 4.69) is 15.9 Å². The summed E-state index contributed by atoms with van der Waals surface area (Å²) in [7, 11) is -1.17. The third-order valence-electron chi connectivity index (χ3n) is 2.45. The molecule has 0 aliphatic rings. The van der Waals surface area contributed by atoms with E-state index in [0.29, 0.717) is 6.54 Å². The van der Waals surface area contributed by atoms with Crippen molar-refractivity contribution in [3.63, 3.8) is 0 Å². The molecule has 1 aromatic carbocycles. The van der Waals surface area contributed by atoms with Gasteiger partial charge in [-0.1, -0.05) is 18.3 Å². The Balaban J connectivity index is 3.02. The first-order valence-electron chi connectivity index (χ1n) is 5.19. The molecule has 0 aliphatic heterocycles. The zero-order valence-corrected chi connectivity index (χ0v) is 13.4. The van der Waals surface area contributed by atoms with Gasteiger partial charge in [-0.2, -0.15) is 0 Å². The predicted molar refractivity (Wildman–Crippen MR) is 83.0 cm³/mol. The fraction of sp³-hybridized carbons (Fsp3) is 0.364. The van der Waals surface area contributed by atoms with E-state index in [-0.39, 0.29) is 10.7 Å². The number of halogens is 1. The van der Waals surface area contributed by atoms with Gasteiger partial charge in [0.25, 0.3) is 0 Å². The Bertz CT molecular complexity index is 558. The predicted octanol–water partition coefficient (Wildman–Crippen LogP) is 1.56. The summed E-state index contributed by atoms with van der Waals surface area (Å²) >= 11 is 8.41. The Morgan fingerprint density at radius 1 is 1.50 bits per heavy atom. The van der Waals surface area contributed by atoms with E-state index in [9.17, 15) is 8.42 Å². The minimum atomic E-state index is -2.99. The number of anilines is 1. The van der Waals surface area contributed by atoms with Gasteiger partial charge in [0.2, 0.25) is 0 Å². The van der Waals surface area contributed by atoms with Crippen molar-refractivity contribution in [3.8, 4) is 0 Å². The van der Waals surface area contributed by atoms with Crippen LogP contribution in [0, 0.1) is 0 Å². The van der Waals surface area contributed by atoms with Gasteiger partial charge in [0.15, 0.2) is 0 Å². The van der Waals surface area contributed by atoms with E-state index in [0.717, 1.165) is 15.7 Å². The van der Waals surface area contributed by atoms with Crippen molar-refractivity contribution in [2.45, 2.75) is 0 Å². The highest BCUT2D eigenvalue weighted by atomic mass is 79.9. The van der Waals surface area contributed by atoms with Gasteiger partial charge >= 0.3 is 0 Å². The second-order valence-electron chi connectivity index (χ2n) is 4.05. The molecule has 0 atom stereocenters. The van der Waals surface area contributed by atoms with Gasteiger partial charge in [0.05, 0.1) is 5.75 Å². The van der Waals surface area contributed by atoms with Crippen LogP contribution in [0.2, 0.25) is 0 Å². The lowest BCUT2D eigenvalue weighted by atomic mass is 10.1. The Kier molecular flexibility index (Phi) is 5.12. The first kappa shape index (κ1) is 15.4. The van der Waals surface area contributed by atoms with Crippen molar-refractivity contribution >= 4 is 48.7 Å². The molecule has 0 radical (unpaired) electrons. The molecule has 0 saturated heterocycles. The van der Waals surface area contributed by atoms with Crippen molar-refractivity contribution in [3.05, 3.63) is 28.2 Å². The normalized spacial score (nSPS) is 11.3. The average molecular weight is 351 g/mol. The lowest BCUT2D eigenvalue weighted by molar-refractivity contribution is 0.601. The summed E-state index contributed by atoms with van der Waals surface area (Å²) in [6, 6.07) is 5.57. The highest BCUT2D eigenvalue weighted by Crippen LogP contribution is 2.27. The van der Waals surface area contributed by atoms with Crippen LogP contribution in [0.4, 0.5) is 5.69 Å². The maximum Gasteiger partial charge on any atom is 0.149 e. The Hall–Kier alpha value is -0.660. The molecule has 0 unspecified atom stereocenters.